The summed E-state index contributed by atoms with van der Waals surface area (Å²) in [4.78, 5) is 22.5. The van der Waals surface area contributed by atoms with Gasteiger partial charge >= 0.3 is 5.97 Å². The smallest absolute Gasteiger partial charge is 0.379 e. The Balaban J connectivity index is 2.62. The molecule has 0 amide bonds. The third kappa shape index (κ3) is 3.10. The van der Waals surface area contributed by atoms with Crippen molar-refractivity contribution in [1.29, 1.82) is 0 Å². The van der Waals surface area contributed by atoms with Crippen LogP contribution in [-0.4, -0.2) is 22.8 Å². The van der Waals surface area contributed by atoms with Crippen LogP contribution in [0.3, 0.4) is 0 Å². The molecule has 0 aliphatic rings. The maximum atomic E-state index is 11.4. The number of rotatable bonds is 4. The fourth-order valence-electron chi connectivity index (χ4n) is 0.904. The molecule has 0 unspecified atom stereocenters. The Morgan fingerprint density at radius 2 is 1.86 bits per heavy atom. The summed E-state index contributed by atoms with van der Waals surface area (Å²) in [7, 11) is 0. The number of benzene rings is 1. The molecule has 74 valence electrons. The third-order valence-corrected chi connectivity index (χ3v) is 1.97. The lowest BCUT2D eigenvalue weighted by atomic mass is 10.1. The van der Waals surface area contributed by atoms with Gasteiger partial charge in [0.2, 0.25) is 0 Å². The number of Topliss-reactive ketones (excluding diaryl/α,β-unsaturated/α-hetero) is 1. The number of carbonyl (C=O) groups is 2. The molecule has 1 aromatic rings. The average Bonchev–Trinajstić information content (AvgIpc) is 2.26. The predicted molar refractivity (Wildman–Crippen MR) is 60.6 cm³/mol. The molecule has 0 fully saturated rings. The van der Waals surface area contributed by atoms with Gasteiger partial charge in [-0.15, -0.1) is 0 Å². The second kappa shape index (κ2) is 5.74. The molecular weight excluding hydrogens is 295 g/mol. The van der Waals surface area contributed by atoms with Crippen LogP contribution >= 0.6 is 22.6 Å². The second-order valence-corrected chi connectivity index (χ2v) is 3.60. The molecule has 3 nitrogen and oxygen atoms in total. The first-order valence-electron chi connectivity index (χ1n) is 4.08. The van der Waals surface area contributed by atoms with Crippen molar-refractivity contribution in [2.24, 2.45) is 0 Å². The fourth-order valence-corrected chi connectivity index (χ4v) is 1.12. The molecule has 0 aromatic heterocycles. The molecule has 0 spiro atoms. The van der Waals surface area contributed by atoms with Crippen LogP contribution in [0.25, 0.3) is 0 Å². The highest BCUT2D eigenvalue weighted by atomic mass is 127. The van der Waals surface area contributed by atoms with Gasteiger partial charge in [-0.25, -0.2) is 4.79 Å². The lowest BCUT2D eigenvalue weighted by molar-refractivity contribution is -0.137. The van der Waals surface area contributed by atoms with Gasteiger partial charge in [0, 0.05) is 9.99 Å². The van der Waals surface area contributed by atoms with E-state index in [0.29, 0.717) is 9.99 Å². The van der Waals surface area contributed by atoms with Crippen molar-refractivity contribution in [2.75, 3.05) is 11.0 Å². The van der Waals surface area contributed by atoms with E-state index in [9.17, 15) is 9.59 Å². The average molecular weight is 304 g/mol. The zero-order chi connectivity index (χ0) is 10.4. The molecule has 0 aliphatic carbocycles. The number of halogens is 1. The molecule has 1 rings (SSSR count). The molecule has 0 atom stereocenters. The summed E-state index contributed by atoms with van der Waals surface area (Å²) in [5.41, 5.74) is 0.367. The van der Waals surface area contributed by atoms with Crippen LogP contribution in [0.5, 0.6) is 0 Å². The molecule has 0 radical (unpaired) electrons. The summed E-state index contributed by atoms with van der Waals surface area (Å²) < 4.78 is 5.40. The number of ketones is 1. The molecule has 0 saturated heterocycles. The maximum absolute atomic E-state index is 11.4. The highest BCUT2D eigenvalue weighted by Gasteiger charge is 2.16. The van der Waals surface area contributed by atoms with E-state index in [2.05, 4.69) is 22.6 Å². The zero-order valence-electron chi connectivity index (χ0n) is 7.40. The van der Waals surface area contributed by atoms with E-state index in [1.807, 2.05) is 0 Å². The molecule has 4 heteroatoms. The number of hydrogen-bond acceptors (Lipinski definition) is 3. The number of ether oxygens (including phenoxy) is 1. The summed E-state index contributed by atoms with van der Waals surface area (Å²) in [6.07, 6.45) is 0. The van der Waals surface area contributed by atoms with E-state index in [1.165, 1.54) is 0 Å². The standard InChI is InChI=1S/C10H9IO3/c11-6-7-14-10(13)9(12)8-4-2-1-3-5-8/h1-5H,6-7H2. The van der Waals surface area contributed by atoms with E-state index in [1.54, 1.807) is 30.3 Å². The van der Waals surface area contributed by atoms with E-state index in [-0.39, 0.29) is 6.61 Å². The lowest BCUT2D eigenvalue weighted by Crippen LogP contribution is -2.18. The number of esters is 1. The molecule has 0 N–H and O–H groups in total. The van der Waals surface area contributed by atoms with E-state index >= 15 is 0 Å². The first kappa shape index (κ1) is 11.2. The van der Waals surface area contributed by atoms with Crippen molar-refractivity contribution in [1.82, 2.24) is 0 Å². The van der Waals surface area contributed by atoms with Gasteiger partial charge in [0.25, 0.3) is 5.78 Å². The molecule has 0 bridgehead atoms. The van der Waals surface area contributed by atoms with Gasteiger partial charge in [0.05, 0.1) is 0 Å². The second-order valence-electron chi connectivity index (χ2n) is 2.52. The van der Waals surface area contributed by atoms with Gasteiger partial charge in [0.1, 0.15) is 6.61 Å². The minimum absolute atomic E-state index is 0.276. The monoisotopic (exact) mass is 304 g/mol. The minimum Gasteiger partial charge on any atom is -0.459 e. The van der Waals surface area contributed by atoms with E-state index in [0.717, 1.165) is 0 Å². The number of hydrogen-bond donors (Lipinski definition) is 0. The van der Waals surface area contributed by atoms with E-state index < -0.39 is 11.8 Å². The Morgan fingerprint density at radius 1 is 1.21 bits per heavy atom. The largest absolute Gasteiger partial charge is 0.459 e. The first-order chi connectivity index (χ1) is 6.75. The number of carbonyl (C=O) groups excluding carboxylic acids is 2. The first-order valence-corrected chi connectivity index (χ1v) is 5.60. The van der Waals surface area contributed by atoms with Gasteiger partial charge in [-0.05, 0) is 0 Å². The molecule has 0 saturated carbocycles. The summed E-state index contributed by atoms with van der Waals surface area (Å²) in [5, 5.41) is 0. The van der Waals surface area contributed by atoms with Crippen molar-refractivity contribution in [3.8, 4) is 0 Å². The van der Waals surface area contributed by atoms with Crippen LogP contribution < -0.4 is 0 Å². The van der Waals surface area contributed by atoms with Crippen molar-refractivity contribution >= 4 is 34.3 Å². The third-order valence-electron chi connectivity index (χ3n) is 1.53. The maximum Gasteiger partial charge on any atom is 0.379 e. The summed E-state index contributed by atoms with van der Waals surface area (Å²) in [5.74, 6) is -1.37. The Kier molecular flexibility index (Phi) is 4.58. The molecular formula is C10H9IO3. The SMILES string of the molecule is O=C(OCCI)C(=O)c1ccccc1. The highest BCUT2D eigenvalue weighted by Crippen LogP contribution is 2.01. The molecule has 14 heavy (non-hydrogen) atoms. The van der Waals surface area contributed by atoms with Crippen molar-refractivity contribution < 1.29 is 14.3 Å². The van der Waals surface area contributed by atoms with Crippen LogP contribution in [0.1, 0.15) is 10.4 Å². The minimum atomic E-state index is -0.784. The van der Waals surface area contributed by atoms with Gasteiger partial charge in [-0.1, -0.05) is 52.9 Å². The Hall–Kier alpha value is -0.910. The van der Waals surface area contributed by atoms with Gasteiger partial charge < -0.3 is 4.74 Å². The summed E-state index contributed by atoms with van der Waals surface area (Å²) >= 11 is 2.07. The normalized spacial score (nSPS) is 9.50. The summed E-state index contributed by atoms with van der Waals surface area (Å²) in [6.45, 7) is 0.276. The predicted octanol–water partition coefficient (Wildman–Crippen LogP) is 1.85. The Bertz CT molecular complexity index is 321. The lowest BCUT2D eigenvalue weighted by Gasteiger charge is -2.00. The van der Waals surface area contributed by atoms with Gasteiger partial charge in [-0.3, -0.25) is 4.79 Å². The topological polar surface area (TPSA) is 43.4 Å². The molecule has 1 aromatic carbocycles. The molecule has 0 heterocycles. The van der Waals surface area contributed by atoms with Crippen molar-refractivity contribution in [3.63, 3.8) is 0 Å². The van der Waals surface area contributed by atoms with E-state index in [4.69, 9.17) is 4.74 Å². The van der Waals surface area contributed by atoms with Crippen LogP contribution in [0.4, 0.5) is 0 Å². The van der Waals surface area contributed by atoms with Crippen LogP contribution in [-0.2, 0) is 9.53 Å². The van der Waals surface area contributed by atoms with Crippen LogP contribution in [0.15, 0.2) is 30.3 Å². The van der Waals surface area contributed by atoms with Crippen molar-refractivity contribution in [3.05, 3.63) is 35.9 Å². The van der Waals surface area contributed by atoms with Gasteiger partial charge in [0.15, 0.2) is 0 Å². The molecule has 0 aliphatic heterocycles. The zero-order valence-corrected chi connectivity index (χ0v) is 9.56. The fraction of sp³-hybridized carbons (Fsp3) is 0.200. The van der Waals surface area contributed by atoms with Crippen LogP contribution in [0.2, 0.25) is 0 Å². The Morgan fingerprint density at radius 3 is 2.43 bits per heavy atom. The van der Waals surface area contributed by atoms with Gasteiger partial charge in [-0.2, -0.15) is 0 Å². The Labute approximate surface area is 95.6 Å². The quantitative estimate of drug-likeness (QED) is 0.280. The van der Waals surface area contributed by atoms with Crippen molar-refractivity contribution in [2.45, 2.75) is 0 Å². The highest BCUT2D eigenvalue weighted by molar-refractivity contribution is 14.1. The summed E-state index contributed by atoms with van der Waals surface area (Å²) in [6, 6.07) is 8.38. The van der Waals surface area contributed by atoms with Crippen LogP contribution in [0, 0.1) is 0 Å². The number of alkyl halides is 1.